The summed E-state index contributed by atoms with van der Waals surface area (Å²) in [4.78, 5) is 14.6. The molecule has 0 bridgehead atoms. The number of hydrogen-bond donors (Lipinski definition) is 1. The van der Waals surface area contributed by atoms with Crippen molar-refractivity contribution in [2.75, 3.05) is 38.4 Å². The zero-order valence-electron chi connectivity index (χ0n) is 18.1. The molecule has 0 spiro atoms. The maximum absolute atomic E-state index is 13.0. The molecule has 1 heterocycles. The van der Waals surface area contributed by atoms with Crippen molar-refractivity contribution in [1.82, 2.24) is 4.31 Å². The molecule has 3 aromatic rings. The predicted octanol–water partition coefficient (Wildman–Crippen LogP) is 3.57. The van der Waals surface area contributed by atoms with Gasteiger partial charge in [0.1, 0.15) is 23.9 Å². The van der Waals surface area contributed by atoms with Gasteiger partial charge in [-0.3, -0.25) is 4.79 Å². The van der Waals surface area contributed by atoms with Crippen molar-refractivity contribution in [2.24, 2.45) is 0 Å². The fraction of sp³-hybridized carbons (Fsp3) is 0.227. The monoisotopic (exact) mass is 461 g/mol. The van der Waals surface area contributed by atoms with E-state index < -0.39 is 15.9 Å². The molecule has 1 N–H and O–H groups in total. The maximum atomic E-state index is 13.0. The number of halogens is 1. The standard InChI is InChI=1S/C22H24FN3O5S/c1-25(2)20-11-10-18(32(28,29)26(3)4)13-19(20)24-22(27)21-12-9-17(31-21)14-30-16-7-5-15(23)6-8-16/h5-13H,14H2,1-4H3,(H,24,27). The minimum Gasteiger partial charge on any atom is -0.486 e. The van der Waals surface area contributed by atoms with Gasteiger partial charge in [-0.05, 0) is 54.6 Å². The van der Waals surface area contributed by atoms with Crippen molar-refractivity contribution < 1.29 is 26.8 Å². The summed E-state index contributed by atoms with van der Waals surface area (Å²) in [5.74, 6) is -0.0118. The molecule has 0 saturated carbocycles. The first-order chi connectivity index (χ1) is 15.1. The number of amides is 1. The lowest BCUT2D eigenvalue weighted by Gasteiger charge is -2.20. The first-order valence-electron chi connectivity index (χ1n) is 9.60. The van der Waals surface area contributed by atoms with E-state index in [1.54, 1.807) is 31.1 Å². The number of nitrogens with one attached hydrogen (secondary N) is 1. The SMILES string of the molecule is CN(C)c1ccc(S(=O)(=O)N(C)C)cc1NC(=O)c1ccc(COc2ccc(F)cc2)o1. The van der Waals surface area contributed by atoms with Gasteiger partial charge in [0.05, 0.1) is 16.3 Å². The second-order valence-corrected chi connectivity index (χ2v) is 9.48. The second kappa shape index (κ2) is 9.41. The number of furan rings is 1. The first-order valence-corrected chi connectivity index (χ1v) is 11.0. The van der Waals surface area contributed by atoms with E-state index in [2.05, 4.69) is 5.32 Å². The number of carbonyl (C=O) groups excluding carboxylic acids is 1. The molecular formula is C22H24FN3O5S. The number of anilines is 2. The highest BCUT2D eigenvalue weighted by atomic mass is 32.2. The molecule has 2 aromatic carbocycles. The van der Waals surface area contributed by atoms with E-state index in [0.29, 0.717) is 22.9 Å². The maximum Gasteiger partial charge on any atom is 0.291 e. The van der Waals surface area contributed by atoms with E-state index in [9.17, 15) is 17.6 Å². The van der Waals surface area contributed by atoms with Crippen LogP contribution in [-0.4, -0.2) is 46.8 Å². The Morgan fingerprint density at radius 1 is 1.03 bits per heavy atom. The van der Waals surface area contributed by atoms with Gasteiger partial charge in [0.15, 0.2) is 5.76 Å². The molecule has 0 atom stereocenters. The summed E-state index contributed by atoms with van der Waals surface area (Å²) in [6.45, 7) is 0.0540. The lowest BCUT2D eigenvalue weighted by Crippen LogP contribution is -2.23. The van der Waals surface area contributed by atoms with Crippen molar-refractivity contribution >= 4 is 27.3 Å². The summed E-state index contributed by atoms with van der Waals surface area (Å²) in [7, 11) is 2.76. The van der Waals surface area contributed by atoms with Crippen LogP contribution in [-0.2, 0) is 16.6 Å². The van der Waals surface area contributed by atoms with Gasteiger partial charge >= 0.3 is 0 Å². The molecule has 170 valence electrons. The molecule has 0 unspecified atom stereocenters. The van der Waals surface area contributed by atoms with Gasteiger partial charge in [0.25, 0.3) is 5.91 Å². The summed E-state index contributed by atoms with van der Waals surface area (Å²) in [6, 6.07) is 13.1. The van der Waals surface area contributed by atoms with E-state index in [-0.39, 0.29) is 23.1 Å². The summed E-state index contributed by atoms with van der Waals surface area (Å²) in [5, 5.41) is 2.71. The first kappa shape index (κ1) is 23.3. The Labute approximate surface area is 186 Å². The van der Waals surface area contributed by atoms with Crippen LogP contribution >= 0.6 is 0 Å². The van der Waals surface area contributed by atoms with E-state index in [1.165, 1.54) is 56.6 Å². The summed E-state index contributed by atoms with van der Waals surface area (Å²) < 4.78 is 50.1. The fourth-order valence-corrected chi connectivity index (χ4v) is 3.75. The van der Waals surface area contributed by atoms with Crippen LogP contribution in [0.2, 0.25) is 0 Å². The largest absolute Gasteiger partial charge is 0.486 e. The zero-order valence-corrected chi connectivity index (χ0v) is 18.9. The molecule has 0 radical (unpaired) electrons. The molecule has 32 heavy (non-hydrogen) atoms. The van der Waals surface area contributed by atoms with Gasteiger partial charge in [-0.1, -0.05) is 0 Å². The fourth-order valence-electron chi connectivity index (χ4n) is 2.82. The van der Waals surface area contributed by atoms with E-state index >= 15 is 0 Å². The van der Waals surface area contributed by atoms with Crippen LogP contribution in [0.25, 0.3) is 0 Å². The average Bonchev–Trinajstić information content (AvgIpc) is 3.22. The highest BCUT2D eigenvalue weighted by molar-refractivity contribution is 7.89. The predicted molar refractivity (Wildman–Crippen MR) is 119 cm³/mol. The minimum absolute atomic E-state index is 0.0354. The molecule has 8 nitrogen and oxygen atoms in total. The summed E-state index contributed by atoms with van der Waals surface area (Å²) >= 11 is 0. The van der Waals surface area contributed by atoms with E-state index in [4.69, 9.17) is 9.15 Å². The van der Waals surface area contributed by atoms with Crippen molar-refractivity contribution in [3.05, 3.63) is 71.9 Å². The molecule has 1 amide bonds. The van der Waals surface area contributed by atoms with Crippen molar-refractivity contribution in [3.63, 3.8) is 0 Å². The number of benzene rings is 2. The molecule has 0 fully saturated rings. The third-order valence-electron chi connectivity index (χ3n) is 4.56. The Balaban J connectivity index is 1.77. The van der Waals surface area contributed by atoms with Crippen molar-refractivity contribution in [2.45, 2.75) is 11.5 Å². The highest BCUT2D eigenvalue weighted by Gasteiger charge is 2.21. The van der Waals surface area contributed by atoms with Gasteiger partial charge in [0.2, 0.25) is 10.0 Å². The molecule has 0 aliphatic carbocycles. The number of hydrogen-bond acceptors (Lipinski definition) is 6. The van der Waals surface area contributed by atoms with Gasteiger partial charge < -0.3 is 19.4 Å². The smallest absolute Gasteiger partial charge is 0.291 e. The normalized spacial score (nSPS) is 11.4. The molecule has 1 aromatic heterocycles. The van der Waals surface area contributed by atoms with Gasteiger partial charge in [-0.25, -0.2) is 17.1 Å². The third-order valence-corrected chi connectivity index (χ3v) is 6.37. The van der Waals surface area contributed by atoms with Crippen LogP contribution in [0, 0.1) is 5.82 Å². The van der Waals surface area contributed by atoms with Crippen molar-refractivity contribution in [3.8, 4) is 5.75 Å². The molecule has 10 heteroatoms. The topological polar surface area (TPSA) is 92.1 Å². The Hall–Kier alpha value is -3.37. The van der Waals surface area contributed by atoms with Gasteiger partial charge in [-0.15, -0.1) is 0 Å². The van der Waals surface area contributed by atoms with Crippen molar-refractivity contribution in [1.29, 1.82) is 0 Å². The lowest BCUT2D eigenvalue weighted by molar-refractivity contribution is 0.0992. The minimum atomic E-state index is -3.67. The number of carbonyl (C=O) groups is 1. The van der Waals surface area contributed by atoms with Crippen LogP contribution in [0.5, 0.6) is 5.75 Å². The quantitative estimate of drug-likeness (QED) is 0.552. The zero-order chi connectivity index (χ0) is 23.5. The molecule has 3 rings (SSSR count). The summed E-state index contributed by atoms with van der Waals surface area (Å²) in [5.41, 5.74) is 0.950. The van der Waals surface area contributed by atoms with Crippen LogP contribution < -0.4 is 15.0 Å². The highest BCUT2D eigenvalue weighted by Crippen LogP contribution is 2.29. The number of nitrogens with zero attached hydrogens (tertiary/aromatic N) is 2. The summed E-state index contributed by atoms with van der Waals surface area (Å²) in [6.07, 6.45) is 0. The average molecular weight is 462 g/mol. The van der Waals surface area contributed by atoms with Crippen LogP contribution in [0.4, 0.5) is 15.8 Å². The van der Waals surface area contributed by atoms with Crippen LogP contribution in [0.1, 0.15) is 16.3 Å². The molecule has 0 aliphatic heterocycles. The van der Waals surface area contributed by atoms with E-state index in [1.807, 2.05) is 0 Å². The Bertz CT molecular complexity index is 1200. The van der Waals surface area contributed by atoms with Gasteiger partial charge in [-0.2, -0.15) is 0 Å². The van der Waals surface area contributed by atoms with E-state index in [0.717, 1.165) is 4.31 Å². The Morgan fingerprint density at radius 3 is 2.34 bits per heavy atom. The lowest BCUT2D eigenvalue weighted by atomic mass is 10.2. The number of ether oxygens (including phenoxy) is 1. The van der Waals surface area contributed by atoms with Crippen LogP contribution in [0.15, 0.2) is 63.9 Å². The third kappa shape index (κ3) is 5.27. The Morgan fingerprint density at radius 2 is 1.72 bits per heavy atom. The molecule has 0 aliphatic rings. The Kier molecular flexibility index (Phi) is 6.85. The van der Waals surface area contributed by atoms with Crippen LogP contribution in [0.3, 0.4) is 0 Å². The molecule has 0 saturated heterocycles. The second-order valence-electron chi connectivity index (χ2n) is 7.32. The van der Waals surface area contributed by atoms with Gasteiger partial charge in [0, 0.05) is 28.2 Å². The number of sulfonamides is 1. The number of rotatable bonds is 8. The molecular weight excluding hydrogens is 437 g/mol.